The standard InChI is InChI=1S/C10H20N2O2/c1-7(14-3)6-12-8(2)9(11)4-5-10(12)13/h7-9H,4-6,11H2,1-3H3. The molecule has 4 nitrogen and oxygen atoms in total. The van der Waals surface area contributed by atoms with E-state index in [0.717, 1.165) is 6.42 Å². The van der Waals surface area contributed by atoms with Crippen molar-refractivity contribution in [3.05, 3.63) is 0 Å². The summed E-state index contributed by atoms with van der Waals surface area (Å²) in [5, 5.41) is 0. The maximum Gasteiger partial charge on any atom is 0.223 e. The topological polar surface area (TPSA) is 55.6 Å². The smallest absolute Gasteiger partial charge is 0.223 e. The molecule has 0 aromatic heterocycles. The maximum atomic E-state index is 11.6. The van der Waals surface area contributed by atoms with Gasteiger partial charge in [0.1, 0.15) is 0 Å². The highest BCUT2D eigenvalue weighted by Crippen LogP contribution is 2.17. The van der Waals surface area contributed by atoms with Gasteiger partial charge < -0.3 is 15.4 Å². The van der Waals surface area contributed by atoms with Crippen LogP contribution in [0, 0.1) is 0 Å². The summed E-state index contributed by atoms with van der Waals surface area (Å²) in [6, 6.07) is 0.241. The molecule has 1 heterocycles. The predicted molar refractivity (Wildman–Crippen MR) is 54.9 cm³/mol. The number of piperidine rings is 1. The molecule has 1 amide bonds. The van der Waals surface area contributed by atoms with Gasteiger partial charge >= 0.3 is 0 Å². The summed E-state index contributed by atoms with van der Waals surface area (Å²) in [7, 11) is 1.66. The monoisotopic (exact) mass is 200 g/mol. The van der Waals surface area contributed by atoms with E-state index in [1.54, 1.807) is 7.11 Å². The Morgan fingerprint density at radius 2 is 2.36 bits per heavy atom. The fraction of sp³-hybridized carbons (Fsp3) is 0.900. The number of amides is 1. The van der Waals surface area contributed by atoms with E-state index >= 15 is 0 Å². The van der Waals surface area contributed by atoms with Gasteiger partial charge in [-0.15, -0.1) is 0 Å². The van der Waals surface area contributed by atoms with Gasteiger partial charge in [0.15, 0.2) is 0 Å². The second kappa shape index (κ2) is 4.75. The number of nitrogens with zero attached hydrogens (tertiary/aromatic N) is 1. The van der Waals surface area contributed by atoms with Gasteiger partial charge in [-0.2, -0.15) is 0 Å². The molecule has 0 aromatic rings. The van der Waals surface area contributed by atoms with Gasteiger partial charge in [-0.3, -0.25) is 4.79 Å². The van der Waals surface area contributed by atoms with Crippen LogP contribution in [0.5, 0.6) is 0 Å². The Bertz CT molecular complexity index is 208. The van der Waals surface area contributed by atoms with Crippen LogP contribution >= 0.6 is 0 Å². The van der Waals surface area contributed by atoms with Crippen molar-refractivity contribution in [2.24, 2.45) is 5.73 Å². The molecule has 4 heteroatoms. The molecule has 1 aliphatic rings. The Morgan fingerprint density at radius 1 is 1.71 bits per heavy atom. The van der Waals surface area contributed by atoms with Crippen LogP contribution in [-0.2, 0) is 9.53 Å². The third kappa shape index (κ3) is 2.45. The van der Waals surface area contributed by atoms with Gasteiger partial charge in [0.25, 0.3) is 0 Å². The van der Waals surface area contributed by atoms with E-state index < -0.39 is 0 Å². The summed E-state index contributed by atoms with van der Waals surface area (Å²) in [5.41, 5.74) is 5.91. The van der Waals surface area contributed by atoms with E-state index in [1.807, 2.05) is 18.7 Å². The van der Waals surface area contributed by atoms with Crippen LogP contribution < -0.4 is 5.73 Å². The van der Waals surface area contributed by atoms with Gasteiger partial charge in [0.2, 0.25) is 5.91 Å². The minimum atomic E-state index is 0.0756. The molecule has 1 rings (SSSR count). The number of carbonyl (C=O) groups excluding carboxylic acids is 1. The molecule has 0 spiro atoms. The first kappa shape index (κ1) is 11.5. The second-order valence-corrected chi connectivity index (χ2v) is 4.04. The van der Waals surface area contributed by atoms with E-state index in [0.29, 0.717) is 13.0 Å². The number of nitrogens with two attached hydrogens (primary N) is 1. The Morgan fingerprint density at radius 3 is 2.93 bits per heavy atom. The van der Waals surface area contributed by atoms with Crippen LogP contribution in [0.3, 0.4) is 0 Å². The first-order valence-electron chi connectivity index (χ1n) is 5.14. The molecule has 2 N–H and O–H groups in total. The van der Waals surface area contributed by atoms with Crippen molar-refractivity contribution in [2.75, 3.05) is 13.7 Å². The van der Waals surface area contributed by atoms with Crippen molar-refractivity contribution >= 4 is 5.91 Å². The molecular weight excluding hydrogens is 180 g/mol. The predicted octanol–water partition coefficient (Wildman–Crippen LogP) is 0.360. The second-order valence-electron chi connectivity index (χ2n) is 4.04. The summed E-state index contributed by atoms with van der Waals surface area (Å²) < 4.78 is 5.15. The quantitative estimate of drug-likeness (QED) is 0.715. The van der Waals surface area contributed by atoms with Crippen LogP contribution in [0.1, 0.15) is 26.7 Å². The number of methoxy groups -OCH3 is 1. The lowest BCUT2D eigenvalue weighted by Crippen LogP contribution is -2.54. The molecule has 82 valence electrons. The van der Waals surface area contributed by atoms with Crippen LogP contribution in [0.25, 0.3) is 0 Å². The highest BCUT2D eigenvalue weighted by Gasteiger charge is 2.31. The van der Waals surface area contributed by atoms with Crippen molar-refractivity contribution < 1.29 is 9.53 Å². The normalized spacial score (nSPS) is 30.6. The molecule has 0 radical (unpaired) electrons. The molecule has 0 aromatic carbocycles. The number of carbonyl (C=O) groups is 1. The largest absolute Gasteiger partial charge is 0.380 e. The minimum absolute atomic E-state index is 0.0756. The fourth-order valence-electron chi connectivity index (χ4n) is 1.75. The van der Waals surface area contributed by atoms with Crippen molar-refractivity contribution in [3.63, 3.8) is 0 Å². The molecule has 1 saturated heterocycles. The Kier molecular flexibility index (Phi) is 3.89. The van der Waals surface area contributed by atoms with Crippen molar-refractivity contribution in [2.45, 2.75) is 44.9 Å². The first-order chi connectivity index (χ1) is 6.56. The number of hydrogen-bond donors (Lipinski definition) is 1. The molecular formula is C10H20N2O2. The summed E-state index contributed by atoms with van der Waals surface area (Å²) >= 11 is 0. The fourth-order valence-corrected chi connectivity index (χ4v) is 1.75. The lowest BCUT2D eigenvalue weighted by atomic mass is 9.97. The summed E-state index contributed by atoms with van der Waals surface area (Å²) in [6.45, 7) is 4.61. The van der Waals surface area contributed by atoms with Crippen LogP contribution in [0.4, 0.5) is 0 Å². The SMILES string of the molecule is COC(C)CN1C(=O)CCC(N)C1C. The summed E-state index contributed by atoms with van der Waals surface area (Å²) in [5.74, 6) is 0.197. The molecule has 0 saturated carbocycles. The average Bonchev–Trinajstić information content (AvgIpc) is 2.18. The summed E-state index contributed by atoms with van der Waals surface area (Å²) in [4.78, 5) is 13.5. The zero-order valence-electron chi connectivity index (χ0n) is 9.19. The third-order valence-electron chi connectivity index (χ3n) is 2.98. The average molecular weight is 200 g/mol. The highest BCUT2D eigenvalue weighted by molar-refractivity contribution is 5.77. The lowest BCUT2D eigenvalue weighted by Gasteiger charge is -2.38. The van der Waals surface area contributed by atoms with Gasteiger partial charge in [0.05, 0.1) is 6.10 Å². The van der Waals surface area contributed by atoms with E-state index in [4.69, 9.17) is 10.5 Å². The zero-order chi connectivity index (χ0) is 10.7. The van der Waals surface area contributed by atoms with Gasteiger partial charge in [0, 0.05) is 32.2 Å². The van der Waals surface area contributed by atoms with Gasteiger partial charge in [-0.25, -0.2) is 0 Å². The lowest BCUT2D eigenvalue weighted by molar-refractivity contribution is -0.138. The van der Waals surface area contributed by atoms with Crippen molar-refractivity contribution in [3.8, 4) is 0 Å². The minimum Gasteiger partial charge on any atom is -0.380 e. The van der Waals surface area contributed by atoms with Crippen molar-refractivity contribution in [1.29, 1.82) is 0 Å². The van der Waals surface area contributed by atoms with E-state index in [2.05, 4.69) is 0 Å². The maximum absolute atomic E-state index is 11.6. The van der Waals surface area contributed by atoms with Crippen molar-refractivity contribution in [1.82, 2.24) is 4.90 Å². The Hall–Kier alpha value is -0.610. The Labute approximate surface area is 85.4 Å². The Balaban J connectivity index is 2.58. The van der Waals surface area contributed by atoms with Gasteiger partial charge in [-0.05, 0) is 20.3 Å². The van der Waals surface area contributed by atoms with Gasteiger partial charge in [-0.1, -0.05) is 0 Å². The molecule has 1 aliphatic heterocycles. The number of ether oxygens (including phenoxy) is 1. The number of hydrogen-bond acceptors (Lipinski definition) is 3. The van der Waals surface area contributed by atoms with Crippen LogP contribution in [0.2, 0.25) is 0 Å². The third-order valence-corrected chi connectivity index (χ3v) is 2.98. The number of rotatable bonds is 3. The first-order valence-corrected chi connectivity index (χ1v) is 5.14. The molecule has 3 unspecified atom stereocenters. The van der Waals surface area contributed by atoms with E-state index in [1.165, 1.54) is 0 Å². The molecule has 0 bridgehead atoms. The molecule has 1 fully saturated rings. The molecule has 3 atom stereocenters. The van der Waals surface area contributed by atoms with Crippen LogP contribution in [-0.4, -0.2) is 42.6 Å². The zero-order valence-corrected chi connectivity index (χ0v) is 9.19. The highest BCUT2D eigenvalue weighted by atomic mass is 16.5. The molecule has 14 heavy (non-hydrogen) atoms. The van der Waals surface area contributed by atoms with Crippen LogP contribution in [0.15, 0.2) is 0 Å². The van der Waals surface area contributed by atoms with E-state index in [-0.39, 0.29) is 24.1 Å². The molecule has 0 aliphatic carbocycles. The number of likely N-dealkylation sites (tertiary alicyclic amines) is 1. The summed E-state index contributed by atoms with van der Waals surface area (Å²) in [6.07, 6.45) is 1.45. The van der Waals surface area contributed by atoms with E-state index in [9.17, 15) is 4.79 Å².